The van der Waals surface area contributed by atoms with E-state index in [-0.39, 0.29) is 5.60 Å². The van der Waals surface area contributed by atoms with Crippen LogP contribution in [0.4, 0.5) is 0 Å². The van der Waals surface area contributed by atoms with E-state index in [1.807, 2.05) is 39.0 Å². The highest BCUT2D eigenvalue weighted by Gasteiger charge is 2.08. The first kappa shape index (κ1) is 15.7. The number of carbonyl (C=O) groups is 1. The average Bonchev–Trinajstić information content (AvgIpc) is 2.71. The fourth-order valence-electron chi connectivity index (χ4n) is 1.43. The van der Waals surface area contributed by atoms with Gasteiger partial charge in [-0.2, -0.15) is 5.10 Å². The fourth-order valence-corrected chi connectivity index (χ4v) is 1.78. The summed E-state index contributed by atoms with van der Waals surface area (Å²) >= 11 is 3.50. The first-order chi connectivity index (χ1) is 8.85. The number of hydrogen-bond donors (Lipinski definition) is 1. The molecule has 2 rings (SSSR count). The van der Waals surface area contributed by atoms with Gasteiger partial charge in [-0.05, 0) is 33.8 Å². The summed E-state index contributed by atoms with van der Waals surface area (Å²) in [7, 11) is 0. The molecule has 1 N–H and O–H groups in total. The third-order valence-electron chi connectivity index (χ3n) is 2.28. The van der Waals surface area contributed by atoms with E-state index in [0.717, 1.165) is 11.2 Å². The van der Waals surface area contributed by atoms with Crippen molar-refractivity contribution in [1.82, 2.24) is 10.2 Å². The van der Waals surface area contributed by atoms with Crippen LogP contribution in [0, 0.1) is 0 Å². The van der Waals surface area contributed by atoms with Crippen molar-refractivity contribution in [3.63, 3.8) is 0 Å². The number of aromatic nitrogens is 2. The van der Waals surface area contributed by atoms with Gasteiger partial charge in [-0.1, -0.05) is 34.1 Å². The highest BCUT2D eigenvalue weighted by molar-refractivity contribution is 9.09. The van der Waals surface area contributed by atoms with Gasteiger partial charge in [0.25, 0.3) is 6.47 Å². The lowest BCUT2D eigenvalue weighted by molar-refractivity contribution is -0.138. The number of fused-ring (bicyclic) bond motifs is 1. The van der Waals surface area contributed by atoms with Crippen LogP contribution in [0.5, 0.6) is 0 Å². The molecule has 0 bridgehead atoms. The Kier molecular flexibility index (Phi) is 5.54. The van der Waals surface area contributed by atoms with E-state index in [0.29, 0.717) is 11.3 Å². The van der Waals surface area contributed by atoms with E-state index >= 15 is 0 Å². The summed E-state index contributed by atoms with van der Waals surface area (Å²) in [6, 6.07) is 8.13. The first-order valence-corrected chi connectivity index (χ1v) is 6.95. The van der Waals surface area contributed by atoms with Gasteiger partial charge in [-0.25, -0.2) is 0 Å². The van der Waals surface area contributed by atoms with Gasteiger partial charge in [-0.15, -0.1) is 0 Å². The van der Waals surface area contributed by atoms with E-state index < -0.39 is 0 Å². The number of benzene rings is 1. The summed E-state index contributed by atoms with van der Waals surface area (Å²) < 4.78 is 4.55. The van der Waals surface area contributed by atoms with Crippen molar-refractivity contribution in [2.75, 3.05) is 0 Å². The lowest BCUT2D eigenvalue weighted by atomic mass is 10.2. The number of ether oxygens (including phenoxy) is 1. The van der Waals surface area contributed by atoms with Gasteiger partial charge in [-0.3, -0.25) is 9.89 Å². The van der Waals surface area contributed by atoms with Crippen molar-refractivity contribution >= 4 is 33.3 Å². The molecule has 104 valence electrons. The van der Waals surface area contributed by atoms with Crippen LogP contribution >= 0.6 is 15.9 Å². The van der Waals surface area contributed by atoms with Crippen LogP contribution in [-0.2, 0) is 9.53 Å². The Bertz CT molecular complexity index is 529. The van der Waals surface area contributed by atoms with Gasteiger partial charge in [0.15, 0.2) is 0 Å². The largest absolute Gasteiger partial charge is 0.462 e. The number of aromatic amines is 1. The van der Waals surface area contributed by atoms with Crippen molar-refractivity contribution in [3.8, 4) is 0 Å². The maximum Gasteiger partial charge on any atom is 0.293 e. The first-order valence-electron chi connectivity index (χ1n) is 6.03. The summed E-state index contributed by atoms with van der Waals surface area (Å²) in [5, 5.41) is 8.41. The molecule has 1 atom stereocenters. The normalized spacial score (nSPS) is 12.5. The van der Waals surface area contributed by atoms with E-state index in [1.165, 1.54) is 5.39 Å². The number of nitrogens with zero attached hydrogens (tertiary/aromatic N) is 1. The summed E-state index contributed by atoms with van der Waals surface area (Å²) in [6.07, 6.45) is 0. The molecule has 1 heterocycles. The van der Waals surface area contributed by atoms with Crippen LogP contribution < -0.4 is 0 Å². The third-order valence-corrected chi connectivity index (χ3v) is 2.71. The predicted molar refractivity (Wildman–Crippen MR) is 80.3 cm³/mol. The van der Waals surface area contributed by atoms with Gasteiger partial charge >= 0.3 is 0 Å². The molecule has 0 amide bonds. The molecule has 0 fully saturated rings. The van der Waals surface area contributed by atoms with Crippen molar-refractivity contribution in [1.29, 1.82) is 0 Å². The van der Waals surface area contributed by atoms with Crippen molar-refractivity contribution in [3.05, 3.63) is 30.0 Å². The van der Waals surface area contributed by atoms with Crippen molar-refractivity contribution in [2.24, 2.45) is 0 Å². The van der Waals surface area contributed by atoms with Gasteiger partial charge in [0.2, 0.25) is 0 Å². The zero-order valence-electron chi connectivity index (χ0n) is 11.6. The third kappa shape index (κ3) is 5.03. The monoisotopic (exact) mass is 326 g/mol. The van der Waals surface area contributed by atoms with Crippen LogP contribution in [0.15, 0.2) is 24.3 Å². The van der Waals surface area contributed by atoms with Gasteiger partial charge in [0, 0.05) is 5.39 Å². The van der Waals surface area contributed by atoms with E-state index in [1.54, 1.807) is 0 Å². The van der Waals surface area contributed by atoms with Crippen molar-refractivity contribution in [2.45, 2.75) is 38.1 Å². The SMILES string of the molecule is CC(Br)c1n[nH]c2ccccc12.CC(C)(C)OC=O. The second kappa shape index (κ2) is 6.70. The summed E-state index contributed by atoms with van der Waals surface area (Å²) in [6.45, 7) is 7.99. The fraction of sp³-hybridized carbons (Fsp3) is 0.429. The van der Waals surface area contributed by atoms with E-state index in [4.69, 9.17) is 0 Å². The molecule has 0 aliphatic carbocycles. The second-order valence-corrected chi connectivity index (χ2v) is 6.47. The molecule has 1 aromatic carbocycles. The molecule has 1 aromatic heterocycles. The molecule has 5 heteroatoms. The molecular weight excluding hydrogens is 308 g/mol. The number of rotatable bonds is 2. The minimum atomic E-state index is -0.318. The molecule has 4 nitrogen and oxygen atoms in total. The average molecular weight is 327 g/mol. The molecule has 2 aromatic rings. The molecule has 0 saturated carbocycles. The molecule has 0 aliphatic rings. The number of para-hydroxylation sites is 1. The van der Waals surface area contributed by atoms with E-state index in [9.17, 15) is 4.79 Å². The van der Waals surface area contributed by atoms with Gasteiger partial charge in [0.1, 0.15) is 5.60 Å². The molecule has 0 radical (unpaired) electrons. The quantitative estimate of drug-likeness (QED) is 0.670. The number of nitrogens with one attached hydrogen (secondary N) is 1. The Morgan fingerprint density at radius 3 is 2.47 bits per heavy atom. The zero-order valence-corrected chi connectivity index (χ0v) is 13.2. The molecule has 0 aliphatic heterocycles. The second-order valence-electron chi connectivity index (χ2n) is 5.10. The highest BCUT2D eigenvalue weighted by atomic mass is 79.9. The number of halogens is 1. The molecular formula is C14H19BrN2O2. The lowest BCUT2D eigenvalue weighted by Crippen LogP contribution is -2.17. The van der Waals surface area contributed by atoms with Crippen LogP contribution in [0.1, 0.15) is 38.2 Å². The summed E-state index contributed by atoms with van der Waals surface area (Å²) in [4.78, 5) is 9.90. The highest BCUT2D eigenvalue weighted by Crippen LogP contribution is 2.26. The molecule has 19 heavy (non-hydrogen) atoms. The Morgan fingerprint density at radius 2 is 2.00 bits per heavy atom. The van der Waals surface area contributed by atoms with Crippen molar-refractivity contribution < 1.29 is 9.53 Å². The smallest absolute Gasteiger partial charge is 0.293 e. The summed E-state index contributed by atoms with van der Waals surface area (Å²) in [5.41, 5.74) is 1.85. The standard InChI is InChI=1S/C9H9BrN2.C5H10O2/c1-6(10)9-7-4-2-3-5-8(7)11-12-9;1-5(2,3)7-4-6/h2-6H,1H3,(H,11,12);4H,1-3H3. The Hall–Kier alpha value is -1.36. The number of carbonyl (C=O) groups excluding carboxylic acids is 1. The topological polar surface area (TPSA) is 55.0 Å². The van der Waals surface area contributed by atoms with Crippen LogP contribution in [0.2, 0.25) is 0 Å². The number of H-pyrrole nitrogens is 1. The molecule has 1 unspecified atom stereocenters. The number of hydrogen-bond acceptors (Lipinski definition) is 3. The predicted octanol–water partition coefficient (Wildman–Crippen LogP) is 3.98. The summed E-state index contributed by atoms with van der Waals surface area (Å²) in [5.74, 6) is 0. The Labute approximate surface area is 121 Å². The minimum absolute atomic E-state index is 0.300. The van der Waals surface area contributed by atoms with Gasteiger partial charge < -0.3 is 4.74 Å². The van der Waals surface area contributed by atoms with Gasteiger partial charge in [0.05, 0.1) is 16.0 Å². The van der Waals surface area contributed by atoms with Crippen LogP contribution in [0.3, 0.4) is 0 Å². The Balaban J connectivity index is 0.000000224. The lowest BCUT2D eigenvalue weighted by Gasteiger charge is -2.14. The minimum Gasteiger partial charge on any atom is -0.462 e. The van der Waals surface area contributed by atoms with E-state index in [2.05, 4.69) is 43.9 Å². The maximum atomic E-state index is 9.60. The van der Waals surface area contributed by atoms with Crippen LogP contribution in [-0.4, -0.2) is 22.3 Å². The number of alkyl halides is 1. The maximum absolute atomic E-state index is 9.60. The molecule has 0 spiro atoms. The van der Waals surface area contributed by atoms with Crippen LogP contribution in [0.25, 0.3) is 10.9 Å². The zero-order chi connectivity index (χ0) is 14.5. The Morgan fingerprint density at radius 1 is 1.37 bits per heavy atom. The molecule has 0 saturated heterocycles.